The minimum absolute atomic E-state index is 0.0650. The molecule has 0 unspecified atom stereocenters. The number of nitrogens with one attached hydrogen (secondary N) is 2. The highest BCUT2D eigenvalue weighted by molar-refractivity contribution is 7.89. The topological polar surface area (TPSA) is 58.2 Å². The Hall–Kier alpha value is -0.620. The molecule has 0 aromatic heterocycles. The first kappa shape index (κ1) is 15.8. The second-order valence-corrected chi connectivity index (χ2v) is 7.55. The lowest BCUT2D eigenvalue weighted by Gasteiger charge is -2.32. The summed E-state index contributed by atoms with van der Waals surface area (Å²) < 4.78 is 27.2. The number of hydrogen-bond acceptors (Lipinski definition) is 3. The lowest BCUT2D eigenvalue weighted by atomic mass is 9.83. The molecule has 1 aromatic carbocycles. The molecule has 0 bridgehead atoms. The van der Waals surface area contributed by atoms with Crippen molar-refractivity contribution in [3.8, 4) is 0 Å². The molecular weight excluding hydrogens is 296 g/mol. The van der Waals surface area contributed by atoms with Crippen molar-refractivity contribution >= 4 is 21.6 Å². The standard InChI is InChI=1S/C14H21ClN2O2S/c1-3-16-9-11-4-5-13(8-14(11)15)20(18,19)17-12-6-10(2)7-12/h4-5,8,10,12,16-17H,3,6-7,9H2,1-2H3. The number of benzene rings is 1. The second kappa shape index (κ2) is 6.43. The maximum Gasteiger partial charge on any atom is 0.240 e. The van der Waals surface area contributed by atoms with Crippen molar-refractivity contribution in [3.63, 3.8) is 0 Å². The van der Waals surface area contributed by atoms with Gasteiger partial charge in [-0.3, -0.25) is 0 Å². The molecular formula is C14H21ClN2O2S. The smallest absolute Gasteiger partial charge is 0.240 e. The van der Waals surface area contributed by atoms with E-state index in [1.165, 1.54) is 6.07 Å². The molecule has 0 amide bonds. The molecule has 2 rings (SSSR count). The van der Waals surface area contributed by atoms with Gasteiger partial charge in [0.25, 0.3) is 0 Å². The van der Waals surface area contributed by atoms with E-state index in [9.17, 15) is 8.42 Å². The third kappa shape index (κ3) is 3.73. The van der Waals surface area contributed by atoms with Crippen molar-refractivity contribution in [2.24, 2.45) is 5.92 Å². The molecule has 1 aromatic rings. The summed E-state index contributed by atoms with van der Waals surface area (Å²) in [7, 11) is -3.46. The minimum Gasteiger partial charge on any atom is -0.313 e. The van der Waals surface area contributed by atoms with Gasteiger partial charge in [0, 0.05) is 17.6 Å². The molecule has 1 aliphatic carbocycles. The summed E-state index contributed by atoms with van der Waals surface area (Å²) in [5, 5.41) is 3.65. The summed E-state index contributed by atoms with van der Waals surface area (Å²) in [5.74, 6) is 0.605. The van der Waals surface area contributed by atoms with Crippen molar-refractivity contribution < 1.29 is 8.42 Å². The highest BCUT2D eigenvalue weighted by Crippen LogP contribution is 2.28. The molecule has 0 heterocycles. The Bertz CT molecular complexity index is 569. The molecule has 6 heteroatoms. The lowest BCUT2D eigenvalue weighted by molar-refractivity contribution is 0.270. The maximum atomic E-state index is 12.2. The number of halogens is 1. The predicted octanol–water partition coefficient (Wildman–Crippen LogP) is 2.53. The van der Waals surface area contributed by atoms with Gasteiger partial charge in [-0.05, 0) is 43.0 Å². The molecule has 0 atom stereocenters. The van der Waals surface area contributed by atoms with Gasteiger partial charge in [-0.25, -0.2) is 13.1 Å². The van der Waals surface area contributed by atoms with Crippen LogP contribution in [0.1, 0.15) is 32.3 Å². The number of rotatable bonds is 6. The van der Waals surface area contributed by atoms with Crippen LogP contribution in [-0.2, 0) is 16.6 Å². The first-order valence-corrected chi connectivity index (χ1v) is 8.80. The Morgan fingerprint density at radius 2 is 2.05 bits per heavy atom. The molecule has 112 valence electrons. The highest BCUT2D eigenvalue weighted by atomic mass is 35.5. The Balaban J connectivity index is 2.09. The first-order valence-electron chi connectivity index (χ1n) is 6.94. The molecule has 2 N–H and O–H groups in total. The molecule has 0 aliphatic heterocycles. The van der Waals surface area contributed by atoms with Crippen LogP contribution >= 0.6 is 11.6 Å². The van der Waals surface area contributed by atoms with Crippen LogP contribution in [0.2, 0.25) is 5.02 Å². The zero-order valence-corrected chi connectivity index (χ0v) is 13.4. The quantitative estimate of drug-likeness (QED) is 0.848. The third-order valence-electron chi connectivity index (χ3n) is 3.60. The van der Waals surface area contributed by atoms with E-state index in [4.69, 9.17) is 11.6 Å². The largest absolute Gasteiger partial charge is 0.313 e. The third-order valence-corrected chi connectivity index (χ3v) is 5.47. The summed E-state index contributed by atoms with van der Waals surface area (Å²) in [6, 6.07) is 4.97. The van der Waals surface area contributed by atoms with Crippen LogP contribution < -0.4 is 10.0 Å². The Kier molecular flexibility index (Phi) is 5.07. The number of hydrogen-bond donors (Lipinski definition) is 2. The zero-order chi connectivity index (χ0) is 14.8. The van der Waals surface area contributed by atoms with Crippen LogP contribution in [0, 0.1) is 5.92 Å². The van der Waals surface area contributed by atoms with Crippen LogP contribution in [0.5, 0.6) is 0 Å². The average molecular weight is 317 g/mol. The van der Waals surface area contributed by atoms with Crippen LogP contribution in [0.25, 0.3) is 0 Å². The Morgan fingerprint density at radius 3 is 2.60 bits per heavy atom. The fourth-order valence-corrected chi connectivity index (χ4v) is 3.98. The van der Waals surface area contributed by atoms with Gasteiger partial charge >= 0.3 is 0 Å². The normalized spacial score (nSPS) is 22.6. The highest BCUT2D eigenvalue weighted by Gasteiger charge is 2.29. The van der Waals surface area contributed by atoms with E-state index < -0.39 is 10.0 Å². The molecule has 0 radical (unpaired) electrons. The molecule has 0 spiro atoms. The zero-order valence-electron chi connectivity index (χ0n) is 11.8. The summed E-state index contributed by atoms with van der Waals surface area (Å²) in [6.07, 6.45) is 1.82. The van der Waals surface area contributed by atoms with Gasteiger partial charge in [0.15, 0.2) is 0 Å². The van der Waals surface area contributed by atoms with E-state index >= 15 is 0 Å². The first-order chi connectivity index (χ1) is 9.42. The van der Waals surface area contributed by atoms with Gasteiger partial charge in [0.05, 0.1) is 4.90 Å². The molecule has 1 saturated carbocycles. The Labute approximate surface area is 126 Å². The van der Waals surface area contributed by atoms with Gasteiger partial charge in [-0.1, -0.05) is 31.5 Å². The van der Waals surface area contributed by atoms with Crippen molar-refractivity contribution in [1.29, 1.82) is 0 Å². The van der Waals surface area contributed by atoms with E-state index in [1.807, 2.05) is 6.92 Å². The summed E-state index contributed by atoms with van der Waals surface area (Å²) in [6.45, 7) is 5.62. The van der Waals surface area contributed by atoms with Gasteiger partial charge in [-0.15, -0.1) is 0 Å². The van der Waals surface area contributed by atoms with E-state index in [1.54, 1.807) is 12.1 Å². The van der Waals surface area contributed by atoms with Gasteiger partial charge < -0.3 is 5.32 Å². The predicted molar refractivity (Wildman–Crippen MR) is 81.3 cm³/mol. The van der Waals surface area contributed by atoms with E-state index in [2.05, 4.69) is 17.0 Å². The van der Waals surface area contributed by atoms with Crippen LogP contribution in [-0.4, -0.2) is 21.0 Å². The van der Waals surface area contributed by atoms with Crippen LogP contribution in [0.3, 0.4) is 0 Å². The summed E-state index contributed by atoms with van der Waals surface area (Å²) in [4.78, 5) is 0.238. The number of sulfonamides is 1. The van der Waals surface area contributed by atoms with Crippen molar-refractivity contribution in [2.75, 3.05) is 6.54 Å². The molecule has 20 heavy (non-hydrogen) atoms. The van der Waals surface area contributed by atoms with Gasteiger partial charge in [0.1, 0.15) is 0 Å². The molecule has 0 saturated heterocycles. The van der Waals surface area contributed by atoms with Crippen LogP contribution in [0.15, 0.2) is 23.1 Å². The van der Waals surface area contributed by atoms with E-state index in [0.29, 0.717) is 17.5 Å². The summed E-state index contributed by atoms with van der Waals surface area (Å²) in [5.41, 5.74) is 0.907. The second-order valence-electron chi connectivity index (χ2n) is 5.43. The Morgan fingerprint density at radius 1 is 1.35 bits per heavy atom. The van der Waals surface area contributed by atoms with E-state index in [0.717, 1.165) is 24.9 Å². The van der Waals surface area contributed by atoms with Crippen molar-refractivity contribution in [3.05, 3.63) is 28.8 Å². The minimum atomic E-state index is -3.46. The SMILES string of the molecule is CCNCc1ccc(S(=O)(=O)NC2CC(C)C2)cc1Cl. The van der Waals surface area contributed by atoms with Crippen LogP contribution in [0.4, 0.5) is 0 Å². The van der Waals surface area contributed by atoms with E-state index in [-0.39, 0.29) is 10.9 Å². The fraction of sp³-hybridized carbons (Fsp3) is 0.571. The van der Waals surface area contributed by atoms with Gasteiger partial charge in [-0.2, -0.15) is 0 Å². The molecule has 1 fully saturated rings. The molecule has 4 nitrogen and oxygen atoms in total. The van der Waals surface area contributed by atoms with Crippen molar-refractivity contribution in [1.82, 2.24) is 10.0 Å². The maximum absolute atomic E-state index is 12.2. The lowest BCUT2D eigenvalue weighted by Crippen LogP contribution is -2.43. The monoisotopic (exact) mass is 316 g/mol. The molecule has 1 aliphatic rings. The average Bonchev–Trinajstić information content (AvgIpc) is 2.35. The van der Waals surface area contributed by atoms with Crippen molar-refractivity contribution in [2.45, 2.75) is 44.2 Å². The summed E-state index contributed by atoms with van der Waals surface area (Å²) >= 11 is 6.15. The van der Waals surface area contributed by atoms with Gasteiger partial charge in [0.2, 0.25) is 10.0 Å². The fourth-order valence-electron chi connectivity index (χ4n) is 2.38.